The van der Waals surface area contributed by atoms with E-state index in [1.807, 2.05) is 42.3 Å². The number of nitrogens with one attached hydrogen (secondary N) is 1. The van der Waals surface area contributed by atoms with Gasteiger partial charge in [0.25, 0.3) is 12.3 Å². The largest absolute Gasteiger partial charge is 0.383 e. The topological polar surface area (TPSA) is 74.5 Å². The highest BCUT2D eigenvalue weighted by molar-refractivity contribution is 5.97. The summed E-state index contributed by atoms with van der Waals surface area (Å²) >= 11 is 0. The molecule has 2 aliphatic rings. The number of amides is 1. The Hall–Kier alpha value is -3.59. The SMILES string of the molecule is C[C@H]1CN(CC(F)F)C[C@H]1N(C)c1ccc(-c2cnc(N)c(-c3cc4c(cc3F)C(=O)NCC4)c2)cc1. The maximum absolute atomic E-state index is 15.1. The molecule has 37 heavy (non-hydrogen) atoms. The van der Waals surface area contributed by atoms with E-state index in [1.165, 1.54) is 6.07 Å². The number of nitrogens with two attached hydrogens (primary N) is 1. The number of aromatic nitrogens is 1. The molecular weight excluding hydrogens is 479 g/mol. The van der Waals surface area contributed by atoms with Gasteiger partial charge in [-0.25, -0.2) is 18.2 Å². The number of carbonyl (C=O) groups is 1. The van der Waals surface area contributed by atoms with Crippen LogP contribution in [0.2, 0.25) is 0 Å². The zero-order valence-corrected chi connectivity index (χ0v) is 20.8. The Bertz CT molecular complexity index is 1310. The third-order valence-corrected chi connectivity index (χ3v) is 7.48. The summed E-state index contributed by atoms with van der Waals surface area (Å²) in [6, 6.07) is 12.8. The summed E-state index contributed by atoms with van der Waals surface area (Å²) in [7, 11) is 1.99. The molecule has 0 bridgehead atoms. The highest BCUT2D eigenvalue weighted by Gasteiger charge is 2.33. The maximum atomic E-state index is 15.1. The molecule has 3 aromatic rings. The Balaban J connectivity index is 1.39. The monoisotopic (exact) mass is 509 g/mol. The smallest absolute Gasteiger partial charge is 0.251 e. The predicted molar refractivity (Wildman–Crippen MR) is 139 cm³/mol. The van der Waals surface area contributed by atoms with Crippen LogP contribution in [0.4, 0.5) is 24.7 Å². The van der Waals surface area contributed by atoms with E-state index in [1.54, 1.807) is 12.3 Å². The lowest BCUT2D eigenvalue weighted by molar-refractivity contribution is 0.0944. The van der Waals surface area contributed by atoms with Crippen molar-refractivity contribution in [1.29, 1.82) is 0 Å². The summed E-state index contributed by atoms with van der Waals surface area (Å²) in [6.45, 7) is 3.66. The van der Waals surface area contributed by atoms with Gasteiger partial charge < -0.3 is 16.0 Å². The van der Waals surface area contributed by atoms with E-state index < -0.39 is 12.2 Å². The summed E-state index contributed by atoms with van der Waals surface area (Å²) in [5.74, 6) is -0.317. The van der Waals surface area contributed by atoms with Gasteiger partial charge in [-0.2, -0.15) is 0 Å². The molecular formula is C28H30F3N5O. The molecule has 0 radical (unpaired) electrons. The van der Waals surface area contributed by atoms with Gasteiger partial charge in [0.05, 0.1) is 6.54 Å². The van der Waals surface area contributed by atoms with Crippen molar-refractivity contribution in [2.75, 3.05) is 43.9 Å². The first kappa shape index (κ1) is 25.1. The summed E-state index contributed by atoms with van der Waals surface area (Å²) in [6.07, 6.45) is -0.0541. The Morgan fingerprint density at radius 3 is 2.59 bits per heavy atom. The number of pyridine rings is 1. The molecule has 1 fully saturated rings. The lowest BCUT2D eigenvalue weighted by atomic mass is 9.93. The van der Waals surface area contributed by atoms with Crippen molar-refractivity contribution in [3.05, 3.63) is 65.6 Å². The van der Waals surface area contributed by atoms with Crippen LogP contribution in [0.3, 0.4) is 0 Å². The van der Waals surface area contributed by atoms with Gasteiger partial charge in [-0.05, 0) is 53.8 Å². The number of nitrogens with zero attached hydrogens (tertiary/aromatic N) is 3. The summed E-state index contributed by atoms with van der Waals surface area (Å²) in [4.78, 5) is 20.4. The number of likely N-dealkylation sites (tertiary alicyclic amines) is 1. The fourth-order valence-corrected chi connectivity index (χ4v) is 5.47. The average Bonchev–Trinajstić information content (AvgIpc) is 3.23. The molecule has 2 atom stereocenters. The van der Waals surface area contributed by atoms with Crippen LogP contribution in [0.1, 0.15) is 22.8 Å². The number of nitrogen functional groups attached to an aromatic ring is 1. The van der Waals surface area contributed by atoms with Crippen molar-refractivity contribution in [2.24, 2.45) is 5.92 Å². The molecule has 194 valence electrons. The number of likely N-dealkylation sites (N-methyl/N-ethyl adjacent to an activating group) is 1. The molecule has 1 aromatic heterocycles. The van der Waals surface area contributed by atoms with Crippen molar-refractivity contribution in [2.45, 2.75) is 25.8 Å². The van der Waals surface area contributed by atoms with Gasteiger partial charge in [0, 0.05) is 66.9 Å². The highest BCUT2D eigenvalue weighted by atomic mass is 19.3. The van der Waals surface area contributed by atoms with Crippen molar-refractivity contribution in [3.8, 4) is 22.3 Å². The molecule has 0 spiro atoms. The van der Waals surface area contributed by atoms with Crippen LogP contribution >= 0.6 is 0 Å². The van der Waals surface area contributed by atoms with Gasteiger partial charge in [0.2, 0.25) is 0 Å². The third-order valence-electron chi connectivity index (χ3n) is 7.48. The molecule has 3 N–H and O–H groups in total. The van der Waals surface area contributed by atoms with Crippen LogP contribution in [-0.2, 0) is 6.42 Å². The number of carbonyl (C=O) groups excluding carboxylic acids is 1. The zero-order chi connectivity index (χ0) is 26.3. The fraction of sp³-hybridized carbons (Fsp3) is 0.357. The van der Waals surface area contributed by atoms with E-state index in [-0.39, 0.29) is 30.2 Å². The minimum Gasteiger partial charge on any atom is -0.383 e. The van der Waals surface area contributed by atoms with Gasteiger partial charge in [-0.15, -0.1) is 0 Å². The second kappa shape index (κ2) is 10.0. The number of fused-ring (bicyclic) bond motifs is 1. The number of anilines is 2. The van der Waals surface area contributed by atoms with E-state index in [0.717, 1.165) is 22.4 Å². The molecule has 5 rings (SSSR count). The second-order valence-corrected chi connectivity index (χ2v) is 9.96. The van der Waals surface area contributed by atoms with Gasteiger partial charge in [-0.3, -0.25) is 9.69 Å². The normalized spacial score (nSPS) is 19.7. The van der Waals surface area contributed by atoms with Crippen LogP contribution in [0.25, 0.3) is 22.3 Å². The Kier molecular flexibility index (Phi) is 6.81. The zero-order valence-electron chi connectivity index (χ0n) is 20.8. The lowest BCUT2D eigenvalue weighted by Gasteiger charge is -2.29. The first-order valence-electron chi connectivity index (χ1n) is 12.4. The van der Waals surface area contributed by atoms with Crippen LogP contribution in [0, 0.1) is 11.7 Å². The number of rotatable bonds is 6. The molecule has 0 aliphatic carbocycles. The third kappa shape index (κ3) is 5.00. The van der Waals surface area contributed by atoms with E-state index in [9.17, 15) is 13.6 Å². The molecule has 2 aliphatic heterocycles. The summed E-state index contributed by atoms with van der Waals surface area (Å²) in [5, 5.41) is 2.73. The molecule has 1 saturated heterocycles. The lowest BCUT2D eigenvalue weighted by Crippen LogP contribution is -2.38. The summed E-state index contributed by atoms with van der Waals surface area (Å²) < 4.78 is 40.7. The molecule has 1 amide bonds. The van der Waals surface area contributed by atoms with Gasteiger partial charge in [0.1, 0.15) is 11.6 Å². The van der Waals surface area contributed by atoms with Gasteiger partial charge in [-0.1, -0.05) is 19.1 Å². The Morgan fingerprint density at radius 2 is 1.86 bits per heavy atom. The fourth-order valence-electron chi connectivity index (χ4n) is 5.47. The van der Waals surface area contributed by atoms with Crippen molar-refractivity contribution in [1.82, 2.24) is 15.2 Å². The Morgan fingerprint density at radius 1 is 1.11 bits per heavy atom. The Labute approximate surface area is 214 Å². The number of benzene rings is 2. The maximum Gasteiger partial charge on any atom is 0.251 e. The van der Waals surface area contributed by atoms with Gasteiger partial charge >= 0.3 is 0 Å². The molecule has 0 saturated carbocycles. The first-order valence-corrected chi connectivity index (χ1v) is 12.4. The predicted octanol–water partition coefficient (Wildman–Crippen LogP) is 4.44. The van der Waals surface area contributed by atoms with Crippen molar-refractivity contribution >= 4 is 17.4 Å². The average molecular weight is 510 g/mol. The second-order valence-electron chi connectivity index (χ2n) is 9.96. The molecule has 3 heterocycles. The number of hydrogen-bond donors (Lipinski definition) is 2. The van der Waals surface area contributed by atoms with Crippen LogP contribution < -0.4 is 16.0 Å². The summed E-state index contributed by atoms with van der Waals surface area (Å²) in [5.41, 5.74) is 10.7. The molecule has 2 aromatic carbocycles. The minimum atomic E-state index is -2.33. The molecule has 6 nitrogen and oxygen atoms in total. The van der Waals surface area contributed by atoms with Gasteiger partial charge in [0.15, 0.2) is 0 Å². The number of hydrogen-bond acceptors (Lipinski definition) is 5. The van der Waals surface area contributed by atoms with Crippen LogP contribution in [0.5, 0.6) is 0 Å². The highest BCUT2D eigenvalue weighted by Crippen LogP contribution is 2.34. The first-order chi connectivity index (χ1) is 17.7. The van der Waals surface area contributed by atoms with E-state index in [4.69, 9.17) is 5.73 Å². The molecule has 0 unspecified atom stereocenters. The number of alkyl halides is 2. The standard InChI is InChI=1S/C28H30F3N5O/c1-16-13-36(15-26(30)31)14-25(16)35(2)20-5-3-17(4-6-20)19-10-23(27(32)34-12-19)22-9-18-7-8-33-28(37)21(18)11-24(22)29/h3-6,9-12,16,25-26H,7-8,13-15H2,1-2H3,(H2,32,34)(H,33,37)/t16-,25+/m0/s1. The molecule has 9 heteroatoms. The van der Waals surface area contributed by atoms with Crippen LogP contribution in [0.15, 0.2) is 48.7 Å². The van der Waals surface area contributed by atoms with E-state index in [0.29, 0.717) is 42.7 Å². The quantitative estimate of drug-likeness (QED) is 0.514. The van der Waals surface area contributed by atoms with E-state index in [2.05, 4.69) is 22.1 Å². The van der Waals surface area contributed by atoms with E-state index >= 15 is 4.39 Å². The minimum absolute atomic E-state index is 0.142. The van der Waals surface area contributed by atoms with Crippen LogP contribution in [-0.4, -0.2) is 61.5 Å². The van der Waals surface area contributed by atoms with Crippen molar-refractivity contribution in [3.63, 3.8) is 0 Å². The van der Waals surface area contributed by atoms with Crippen molar-refractivity contribution < 1.29 is 18.0 Å². The number of halogens is 3.